The highest BCUT2D eigenvalue weighted by atomic mass is 32.1. The van der Waals surface area contributed by atoms with Crippen molar-refractivity contribution in [3.8, 4) is 0 Å². The van der Waals surface area contributed by atoms with Crippen molar-refractivity contribution in [2.75, 3.05) is 43.2 Å². The van der Waals surface area contributed by atoms with Gasteiger partial charge in [-0.05, 0) is 29.8 Å². The number of hydrogen-bond donors (Lipinski definition) is 0. The third-order valence-corrected chi connectivity index (χ3v) is 6.48. The second-order valence-corrected chi connectivity index (χ2v) is 8.95. The zero-order valence-electron chi connectivity index (χ0n) is 19.7. The molecule has 4 rings (SSSR count). The number of para-hydroxylation sites is 2. The quantitative estimate of drug-likeness (QED) is 0.454. The molecule has 2 amide bonds. The topological polar surface area (TPSA) is 66.0 Å². The average Bonchev–Trinajstić information content (AvgIpc) is 3.33. The third kappa shape index (κ3) is 5.93. The zero-order valence-corrected chi connectivity index (χ0v) is 20.5. The maximum atomic E-state index is 14.3. The maximum Gasteiger partial charge on any atom is 0.246 e. The minimum atomic E-state index is -0.510. The van der Waals surface area contributed by atoms with E-state index >= 15 is 0 Å². The number of hydrogen-bond acceptors (Lipinski definition) is 6. The van der Waals surface area contributed by atoms with E-state index < -0.39 is 5.82 Å². The third-order valence-electron chi connectivity index (χ3n) is 5.63. The Morgan fingerprint density at radius 2 is 1.86 bits per heavy atom. The molecule has 1 saturated heterocycles. The molecule has 3 aromatic rings. The molecule has 1 fully saturated rings. The van der Waals surface area contributed by atoms with Gasteiger partial charge in [-0.15, -0.1) is 11.3 Å². The molecule has 0 unspecified atom stereocenters. The molecule has 0 aliphatic carbocycles. The highest BCUT2D eigenvalue weighted by Gasteiger charge is 2.21. The number of likely N-dealkylation sites (N-methyl/N-ethyl adjacent to an activating group) is 1. The van der Waals surface area contributed by atoms with Gasteiger partial charge in [0.2, 0.25) is 11.8 Å². The summed E-state index contributed by atoms with van der Waals surface area (Å²) in [5, 5.41) is 2.06. The predicted octanol–water partition coefficient (Wildman–Crippen LogP) is 4.48. The predicted molar refractivity (Wildman–Crippen MR) is 136 cm³/mol. The summed E-state index contributed by atoms with van der Waals surface area (Å²) in [6.45, 7) is 4.86. The van der Waals surface area contributed by atoms with Crippen LogP contribution in [-0.2, 0) is 20.9 Å². The van der Waals surface area contributed by atoms with Gasteiger partial charge in [0, 0.05) is 50.7 Å². The smallest absolute Gasteiger partial charge is 0.246 e. The van der Waals surface area contributed by atoms with Gasteiger partial charge in [0.25, 0.3) is 0 Å². The molecule has 35 heavy (non-hydrogen) atoms. The van der Waals surface area contributed by atoms with Crippen molar-refractivity contribution in [3.05, 3.63) is 77.1 Å². The number of ether oxygens (including phenoxy) is 1. The molecule has 1 aromatic heterocycles. The lowest BCUT2D eigenvalue weighted by atomic mass is 10.1. The number of halogens is 1. The highest BCUT2D eigenvalue weighted by Crippen LogP contribution is 2.31. The Bertz CT molecular complexity index is 1220. The summed E-state index contributed by atoms with van der Waals surface area (Å²) in [6, 6.07) is 14.1. The Morgan fingerprint density at radius 3 is 2.60 bits per heavy atom. The molecule has 0 atom stereocenters. The number of thiazole rings is 1. The van der Waals surface area contributed by atoms with Crippen molar-refractivity contribution < 1.29 is 18.7 Å². The number of anilines is 3. The first-order valence-corrected chi connectivity index (χ1v) is 12.2. The summed E-state index contributed by atoms with van der Waals surface area (Å²) in [6.07, 6.45) is 3.06. The number of benzene rings is 2. The minimum absolute atomic E-state index is 0.139. The van der Waals surface area contributed by atoms with E-state index in [-0.39, 0.29) is 17.5 Å². The van der Waals surface area contributed by atoms with Gasteiger partial charge in [0.1, 0.15) is 5.82 Å². The molecular formula is C26H27FN4O3S. The van der Waals surface area contributed by atoms with E-state index in [1.807, 2.05) is 18.2 Å². The Balaban J connectivity index is 1.44. The van der Waals surface area contributed by atoms with Crippen LogP contribution in [-0.4, -0.2) is 55.0 Å². The molecule has 9 heteroatoms. The van der Waals surface area contributed by atoms with Gasteiger partial charge in [0.05, 0.1) is 24.6 Å². The lowest BCUT2D eigenvalue weighted by Gasteiger charge is -2.31. The highest BCUT2D eigenvalue weighted by molar-refractivity contribution is 7.14. The summed E-state index contributed by atoms with van der Waals surface area (Å²) < 4.78 is 19.7. The standard InChI is InChI=1S/C26H27FN4O3S/c1-19(32)31(24-10-6-4-8-22(24)27)26-28-21(18-35-26)11-12-25(33)29(2)17-20-7-3-5-9-23(20)30-13-15-34-16-14-30/h3-12,18H,13-17H2,1-2H3. The van der Waals surface area contributed by atoms with E-state index in [4.69, 9.17) is 4.74 Å². The van der Waals surface area contributed by atoms with Gasteiger partial charge < -0.3 is 14.5 Å². The molecule has 0 bridgehead atoms. The molecule has 182 valence electrons. The second-order valence-electron chi connectivity index (χ2n) is 8.12. The number of rotatable bonds is 7. The molecule has 2 heterocycles. The summed E-state index contributed by atoms with van der Waals surface area (Å²) in [7, 11) is 1.75. The van der Waals surface area contributed by atoms with Crippen LogP contribution >= 0.6 is 11.3 Å². The monoisotopic (exact) mass is 494 g/mol. The first-order valence-electron chi connectivity index (χ1n) is 11.3. The first-order chi connectivity index (χ1) is 16.9. The number of aromatic nitrogens is 1. The summed E-state index contributed by atoms with van der Waals surface area (Å²) in [5.41, 5.74) is 2.83. The molecule has 1 aliphatic rings. The fraction of sp³-hybridized carbons (Fsp3) is 0.269. The van der Waals surface area contributed by atoms with E-state index in [1.165, 1.54) is 41.4 Å². The van der Waals surface area contributed by atoms with E-state index in [9.17, 15) is 14.0 Å². The normalized spacial score (nSPS) is 13.7. The minimum Gasteiger partial charge on any atom is -0.378 e. The lowest BCUT2D eigenvalue weighted by molar-refractivity contribution is -0.125. The van der Waals surface area contributed by atoms with Gasteiger partial charge in [0.15, 0.2) is 5.13 Å². The summed E-state index contributed by atoms with van der Waals surface area (Å²) >= 11 is 1.21. The largest absolute Gasteiger partial charge is 0.378 e. The number of carbonyl (C=O) groups is 2. The van der Waals surface area contributed by atoms with Crippen molar-refractivity contribution in [2.45, 2.75) is 13.5 Å². The Morgan fingerprint density at radius 1 is 1.14 bits per heavy atom. The van der Waals surface area contributed by atoms with Gasteiger partial charge in [-0.1, -0.05) is 30.3 Å². The molecular weight excluding hydrogens is 467 g/mol. The van der Waals surface area contributed by atoms with Crippen LogP contribution in [0.4, 0.5) is 20.9 Å². The van der Waals surface area contributed by atoms with Crippen molar-refractivity contribution in [2.24, 2.45) is 0 Å². The Kier molecular flexibility index (Phi) is 7.89. The molecule has 0 N–H and O–H groups in total. The Hall–Kier alpha value is -3.56. The fourth-order valence-corrected chi connectivity index (χ4v) is 4.72. The fourth-order valence-electron chi connectivity index (χ4n) is 3.87. The number of morpholine rings is 1. The van der Waals surface area contributed by atoms with Crippen LogP contribution in [0.3, 0.4) is 0 Å². The zero-order chi connectivity index (χ0) is 24.8. The van der Waals surface area contributed by atoms with Crippen molar-refractivity contribution >= 4 is 45.7 Å². The van der Waals surface area contributed by atoms with Crippen molar-refractivity contribution in [1.29, 1.82) is 0 Å². The number of nitrogens with zero attached hydrogens (tertiary/aromatic N) is 4. The van der Waals surface area contributed by atoms with E-state index in [0.717, 1.165) is 24.3 Å². The van der Waals surface area contributed by atoms with Crippen LogP contribution in [0.1, 0.15) is 18.2 Å². The number of carbonyl (C=O) groups excluding carboxylic acids is 2. The molecule has 0 spiro atoms. The second kappa shape index (κ2) is 11.2. The van der Waals surface area contributed by atoms with Gasteiger partial charge in [-0.3, -0.25) is 14.5 Å². The van der Waals surface area contributed by atoms with Crippen molar-refractivity contribution in [1.82, 2.24) is 9.88 Å². The number of amides is 2. The van der Waals surface area contributed by atoms with Crippen LogP contribution < -0.4 is 9.80 Å². The van der Waals surface area contributed by atoms with Crippen molar-refractivity contribution in [3.63, 3.8) is 0 Å². The van der Waals surface area contributed by atoms with E-state index in [0.29, 0.717) is 30.6 Å². The van der Waals surface area contributed by atoms with Gasteiger partial charge in [-0.25, -0.2) is 9.37 Å². The first kappa shape index (κ1) is 24.6. The van der Waals surface area contributed by atoms with Crippen LogP contribution in [0.25, 0.3) is 6.08 Å². The molecule has 7 nitrogen and oxygen atoms in total. The van der Waals surface area contributed by atoms with Crippen LogP contribution in [0, 0.1) is 5.82 Å². The molecule has 1 aliphatic heterocycles. The maximum absolute atomic E-state index is 14.3. The van der Waals surface area contributed by atoms with Gasteiger partial charge in [-0.2, -0.15) is 0 Å². The van der Waals surface area contributed by atoms with E-state index in [2.05, 4.69) is 16.0 Å². The summed E-state index contributed by atoms with van der Waals surface area (Å²) in [5.74, 6) is -1.03. The summed E-state index contributed by atoms with van der Waals surface area (Å²) in [4.78, 5) is 34.6. The lowest BCUT2D eigenvalue weighted by Crippen LogP contribution is -2.37. The average molecular weight is 495 g/mol. The van der Waals surface area contributed by atoms with Gasteiger partial charge >= 0.3 is 0 Å². The SMILES string of the molecule is CC(=O)N(c1nc(C=CC(=O)N(C)Cc2ccccc2N2CCOCC2)cs1)c1ccccc1F. The Labute approximate surface area is 208 Å². The molecule has 0 saturated carbocycles. The molecule has 0 radical (unpaired) electrons. The molecule has 2 aromatic carbocycles. The van der Waals surface area contributed by atoms with Crippen LogP contribution in [0.5, 0.6) is 0 Å². The van der Waals surface area contributed by atoms with E-state index in [1.54, 1.807) is 35.5 Å². The van der Waals surface area contributed by atoms with Crippen LogP contribution in [0.15, 0.2) is 60.0 Å². The van der Waals surface area contributed by atoms with Crippen LogP contribution in [0.2, 0.25) is 0 Å².